The molecular formula is C25H34N4O6. The van der Waals surface area contributed by atoms with E-state index in [-0.39, 0.29) is 24.0 Å². The number of alkyl carbamates (subject to hydrolysis) is 1. The molecular weight excluding hydrogens is 452 g/mol. The van der Waals surface area contributed by atoms with Gasteiger partial charge in [-0.05, 0) is 52.2 Å². The molecule has 0 bridgehead atoms. The largest absolute Gasteiger partial charge is 0.444 e. The van der Waals surface area contributed by atoms with Crippen LogP contribution in [0.3, 0.4) is 0 Å². The molecule has 0 aromatic heterocycles. The first-order valence-electron chi connectivity index (χ1n) is 12.1. The smallest absolute Gasteiger partial charge is 0.407 e. The van der Waals surface area contributed by atoms with Gasteiger partial charge in [-0.25, -0.2) is 4.79 Å². The number of amides is 5. The molecule has 3 rings (SSSR count). The lowest BCUT2D eigenvalue weighted by Gasteiger charge is -2.27. The average molecular weight is 487 g/mol. The number of carbonyl (C=O) groups is 5. The maximum atomic E-state index is 13.1. The second kappa shape index (κ2) is 11.3. The SMILES string of the molecule is CC(C)(C)OC(=O)NCCCCCCCNc1cccc2c1C(=O)N(C1CCC(=O)NC1=O)C2=O. The Morgan fingerprint density at radius 3 is 2.40 bits per heavy atom. The first-order chi connectivity index (χ1) is 16.6. The molecule has 10 nitrogen and oxygen atoms in total. The predicted molar refractivity (Wildman–Crippen MR) is 129 cm³/mol. The van der Waals surface area contributed by atoms with Gasteiger partial charge in [0.2, 0.25) is 11.8 Å². The molecule has 3 N–H and O–H groups in total. The summed E-state index contributed by atoms with van der Waals surface area (Å²) in [6.07, 6.45) is 4.52. The lowest BCUT2D eigenvalue weighted by atomic mass is 10.0. The molecule has 1 aromatic carbocycles. The number of hydrogen-bond donors (Lipinski definition) is 3. The highest BCUT2D eigenvalue weighted by molar-refractivity contribution is 6.25. The minimum atomic E-state index is -0.974. The van der Waals surface area contributed by atoms with Crippen LogP contribution in [0.5, 0.6) is 0 Å². The third-order valence-electron chi connectivity index (χ3n) is 5.81. The molecule has 0 saturated carbocycles. The van der Waals surface area contributed by atoms with Gasteiger partial charge in [-0.2, -0.15) is 0 Å². The molecule has 1 unspecified atom stereocenters. The Morgan fingerprint density at radius 1 is 1.03 bits per heavy atom. The fourth-order valence-corrected chi connectivity index (χ4v) is 4.17. The number of rotatable bonds is 10. The van der Waals surface area contributed by atoms with Crippen molar-refractivity contribution < 1.29 is 28.7 Å². The molecule has 0 radical (unpaired) electrons. The average Bonchev–Trinajstić information content (AvgIpc) is 3.02. The normalized spacial score (nSPS) is 17.8. The van der Waals surface area contributed by atoms with E-state index in [4.69, 9.17) is 4.74 Å². The van der Waals surface area contributed by atoms with E-state index in [0.717, 1.165) is 37.0 Å². The van der Waals surface area contributed by atoms with E-state index in [0.29, 0.717) is 18.8 Å². The standard InChI is InChI=1S/C25H34N4O6/c1-25(2,3)35-24(34)27-15-8-6-4-5-7-14-26-17-11-9-10-16-20(17)23(33)29(22(16)32)18-12-13-19(30)28-21(18)31/h9-11,18,26H,4-8,12-15H2,1-3H3,(H,27,34)(H,28,30,31). The zero-order chi connectivity index (χ0) is 25.6. The van der Waals surface area contributed by atoms with Crippen molar-refractivity contribution >= 4 is 35.4 Å². The van der Waals surface area contributed by atoms with E-state index in [9.17, 15) is 24.0 Å². The number of carbonyl (C=O) groups excluding carboxylic acids is 5. The molecule has 1 saturated heterocycles. The Kier molecular flexibility index (Phi) is 8.48. The van der Waals surface area contributed by atoms with Crippen molar-refractivity contribution in [2.75, 3.05) is 18.4 Å². The van der Waals surface area contributed by atoms with Gasteiger partial charge < -0.3 is 15.4 Å². The molecule has 2 heterocycles. The number of piperidine rings is 1. The van der Waals surface area contributed by atoms with Crippen molar-refractivity contribution in [1.29, 1.82) is 0 Å². The fourth-order valence-electron chi connectivity index (χ4n) is 4.17. The van der Waals surface area contributed by atoms with Crippen LogP contribution in [0.1, 0.15) is 86.4 Å². The van der Waals surface area contributed by atoms with Crippen LogP contribution < -0.4 is 16.0 Å². The zero-order valence-corrected chi connectivity index (χ0v) is 20.6. The quantitative estimate of drug-likeness (QED) is 0.342. The summed E-state index contributed by atoms with van der Waals surface area (Å²) < 4.78 is 5.20. The number of anilines is 1. The molecule has 2 aliphatic rings. The summed E-state index contributed by atoms with van der Waals surface area (Å²) in [6, 6.07) is 4.06. The van der Waals surface area contributed by atoms with E-state index in [1.807, 2.05) is 20.8 Å². The van der Waals surface area contributed by atoms with Crippen LogP contribution in [0.25, 0.3) is 0 Å². The van der Waals surface area contributed by atoms with Gasteiger partial charge in [-0.3, -0.25) is 29.4 Å². The molecule has 2 aliphatic heterocycles. The van der Waals surface area contributed by atoms with Crippen LogP contribution in [0.15, 0.2) is 18.2 Å². The van der Waals surface area contributed by atoms with Gasteiger partial charge in [0.25, 0.3) is 11.8 Å². The molecule has 190 valence electrons. The molecule has 35 heavy (non-hydrogen) atoms. The monoisotopic (exact) mass is 486 g/mol. The summed E-state index contributed by atoms with van der Waals surface area (Å²) in [5.41, 5.74) is 0.603. The maximum absolute atomic E-state index is 13.1. The Hall–Kier alpha value is -3.43. The summed E-state index contributed by atoms with van der Waals surface area (Å²) in [5.74, 6) is -2.04. The van der Waals surface area contributed by atoms with Gasteiger partial charge in [-0.15, -0.1) is 0 Å². The van der Waals surface area contributed by atoms with Gasteiger partial charge >= 0.3 is 6.09 Å². The molecule has 1 aromatic rings. The lowest BCUT2D eigenvalue weighted by molar-refractivity contribution is -0.136. The Labute approximate surface area is 205 Å². The second-order valence-corrected chi connectivity index (χ2v) is 9.80. The number of hydrogen-bond acceptors (Lipinski definition) is 7. The first-order valence-corrected chi connectivity index (χ1v) is 12.1. The van der Waals surface area contributed by atoms with Crippen LogP contribution in [-0.4, -0.2) is 59.4 Å². The predicted octanol–water partition coefficient (Wildman–Crippen LogP) is 2.97. The van der Waals surface area contributed by atoms with Gasteiger partial charge in [0.15, 0.2) is 0 Å². The van der Waals surface area contributed by atoms with Crippen molar-refractivity contribution in [2.45, 2.75) is 77.4 Å². The Morgan fingerprint density at radius 2 is 1.71 bits per heavy atom. The summed E-state index contributed by atoms with van der Waals surface area (Å²) in [6.45, 7) is 6.68. The van der Waals surface area contributed by atoms with Crippen LogP contribution >= 0.6 is 0 Å². The minimum Gasteiger partial charge on any atom is -0.444 e. The molecule has 10 heteroatoms. The van der Waals surface area contributed by atoms with Crippen LogP contribution in [0, 0.1) is 0 Å². The molecule has 1 fully saturated rings. The van der Waals surface area contributed by atoms with Crippen LogP contribution in [-0.2, 0) is 14.3 Å². The first kappa shape index (κ1) is 26.2. The van der Waals surface area contributed by atoms with Gasteiger partial charge in [0, 0.05) is 25.2 Å². The molecule has 0 aliphatic carbocycles. The van der Waals surface area contributed by atoms with Crippen molar-refractivity contribution in [3.8, 4) is 0 Å². The summed E-state index contributed by atoms with van der Waals surface area (Å²) in [7, 11) is 0. The number of unbranched alkanes of at least 4 members (excludes halogenated alkanes) is 4. The highest BCUT2D eigenvalue weighted by Crippen LogP contribution is 2.32. The lowest BCUT2D eigenvalue weighted by Crippen LogP contribution is -2.54. The van der Waals surface area contributed by atoms with Crippen LogP contribution in [0.4, 0.5) is 10.5 Å². The molecule has 5 amide bonds. The van der Waals surface area contributed by atoms with Gasteiger partial charge in [0.1, 0.15) is 11.6 Å². The third kappa shape index (κ3) is 6.80. The highest BCUT2D eigenvalue weighted by Gasteiger charge is 2.45. The van der Waals surface area contributed by atoms with Gasteiger partial charge in [-0.1, -0.05) is 25.3 Å². The van der Waals surface area contributed by atoms with Crippen molar-refractivity contribution in [2.24, 2.45) is 0 Å². The summed E-state index contributed by atoms with van der Waals surface area (Å²) in [4.78, 5) is 62.2. The van der Waals surface area contributed by atoms with E-state index in [1.165, 1.54) is 0 Å². The number of benzene rings is 1. The number of ether oxygens (including phenoxy) is 1. The second-order valence-electron chi connectivity index (χ2n) is 9.80. The van der Waals surface area contributed by atoms with E-state index in [1.54, 1.807) is 18.2 Å². The van der Waals surface area contributed by atoms with Gasteiger partial charge in [0.05, 0.1) is 11.1 Å². The van der Waals surface area contributed by atoms with E-state index in [2.05, 4.69) is 16.0 Å². The third-order valence-corrected chi connectivity index (χ3v) is 5.81. The maximum Gasteiger partial charge on any atom is 0.407 e. The Balaban J connectivity index is 1.42. The van der Waals surface area contributed by atoms with Crippen molar-refractivity contribution in [1.82, 2.24) is 15.5 Å². The summed E-state index contributed by atoms with van der Waals surface area (Å²) in [5, 5.41) is 8.20. The highest BCUT2D eigenvalue weighted by atomic mass is 16.6. The van der Waals surface area contributed by atoms with Crippen molar-refractivity contribution in [3.05, 3.63) is 29.3 Å². The number of nitrogens with one attached hydrogen (secondary N) is 3. The number of nitrogens with zero attached hydrogens (tertiary/aromatic N) is 1. The minimum absolute atomic E-state index is 0.0893. The summed E-state index contributed by atoms with van der Waals surface area (Å²) >= 11 is 0. The van der Waals surface area contributed by atoms with E-state index >= 15 is 0 Å². The molecule has 1 atom stereocenters. The fraction of sp³-hybridized carbons (Fsp3) is 0.560. The van der Waals surface area contributed by atoms with E-state index < -0.39 is 41.4 Å². The van der Waals surface area contributed by atoms with Crippen LogP contribution in [0.2, 0.25) is 0 Å². The number of imide groups is 2. The number of fused-ring (bicyclic) bond motifs is 1. The zero-order valence-electron chi connectivity index (χ0n) is 20.6. The topological polar surface area (TPSA) is 134 Å². The molecule has 0 spiro atoms. The van der Waals surface area contributed by atoms with Crippen molar-refractivity contribution in [3.63, 3.8) is 0 Å². The Bertz CT molecular complexity index is 1000.